The Morgan fingerprint density at radius 1 is 0.516 bits per heavy atom. The van der Waals surface area contributed by atoms with E-state index in [1.165, 1.54) is 103 Å². The summed E-state index contributed by atoms with van der Waals surface area (Å²) in [5.41, 5.74) is -0.511. The van der Waals surface area contributed by atoms with Crippen molar-refractivity contribution >= 4 is 31.3 Å². The maximum Gasteiger partial charge on any atom is 0.472 e. The fraction of sp³-hybridized carbons (Fsp3) is 0.843. The summed E-state index contributed by atoms with van der Waals surface area (Å²) in [4.78, 5) is 60.0. The van der Waals surface area contributed by atoms with E-state index < -0.39 is 37.9 Å². The topological polar surface area (TPSA) is 142 Å². The van der Waals surface area contributed by atoms with Crippen molar-refractivity contribution in [3.63, 3.8) is 0 Å². The van der Waals surface area contributed by atoms with Crippen molar-refractivity contribution in [2.45, 2.75) is 253 Å². The number of carbonyl (C=O) groups excluding carboxylic acids is 4. The maximum atomic E-state index is 12.8. The first-order valence-corrected chi connectivity index (χ1v) is 26.6. The van der Waals surface area contributed by atoms with E-state index in [4.69, 9.17) is 18.5 Å². The van der Waals surface area contributed by atoms with Crippen molar-refractivity contribution in [1.82, 2.24) is 0 Å². The maximum absolute atomic E-state index is 12.8. The van der Waals surface area contributed by atoms with Crippen LogP contribution < -0.4 is 0 Å². The number of Topliss-reactive ketones (excluding diaryl/α,β-unsaturated/α-hetero) is 2. The summed E-state index contributed by atoms with van der Waals surface area (Å²) in [5.74, 6) is -1.03. The second-order valence-electron chi connectivity index (χ2n) is 18.2. The quantitative estimate of drug-likeness (QED) is 0.0272. The molecule has 362 valence electrons. The Hall–Kier alpha value is -2.13. The minimum atomic E-state index is -4.56. The first-order valence-electron chi connectivity index (χ1n) is 25.1. The Labute approximate surface area is 379 Å². The van der Waals surface area contributed by atoms with Gasteiger partial charge in [0.25, 0.3) is 0 Å². The van der Waals surface area contributed by atoms with Crippen molar-refractivity contribution in [1.29, 1.82) is 0 Å². The lowest BCUT2D eigenvalue weighted by Gasteiger charge is -2.20. The van der Waals surface area contributed by atoms with Gasteiger partial charge in [-0.15, -0.1) is 0 Å². The molecule has 0 aromatic rings. The van der Waals surface area contributed by atoms with Crippen LogP contribution in [0.15, 0.2) is 24.3 Å². The third kappa shape index (κ3) is 41.9. The van der Waals surface area contributed by atoms with Crippen molar-refractivity contribution in [2.75, 3.05) is 19.8 Å². The highest BCUT2D eigenvalue weighted by atomic mass is 31.2. The van der Waals surface area contributed by atoms with Crippen LogP contribution in [0.25, 0.3) is 0 Å². The number of allylic oxidation sites excluding steroid dienone is 4. The molecule has 0 radical (unpaired) electrons. The van der Waals surface area contributed by atoms with E-state index in [1.54, 1.807) is 0 Å². The second-order valence-corrected chi connectivity index (χ2v) is 19.7. The van der Waals surface area contributed by atoms with E-state index in [1.807, 2.05) is 20.8 Å². The summed E-state index contributed by atoms with van der Waals surface area (Å²) < 4.78 is 33.8. The molecule has 62 heavy (non-hydrogen) atoms. The molecule has 0 rings (SSSR count). The van der Waals surface area contributed by atoms with Crippen LogP contribution in [-0.4, -0.2) is 54.3 Å². The Kier molecular flexibility index (Phi) is 40.1. The number of ether oxygens (including phenoxy) is 2. The molecule has 0 aromatic carbocycles. The highest BCUT2D eigenvalue weighted by Crippen LogP contribution is 2.43. The van der Waals surface area contributed by atoms with Gasteiger partial charge in [0.15, 0.2) is 6.10 Å². The van der Waals surface area contributed by atoms with Gasteiger partial charge < -0.3 is 14.4 Å². The van der Waals surface area contributed by atoms with Gasteiger partial charge in [-0.3, -0.25) is 28.2 Å². The molecule has 2 atom stereocenters. The molecule has 0 aliphatic heterocycles. The van der Waals surface area contributed by atoms with Crippen LogP contribution in [0.2, 0.25) is 0 Å². The number of unbranched alkanes of at least 4 members (excludes halogenated alkanes) is 23. The molecule has 10 nitrogen and oxygen atoms in total. The SMILES string of the molecule is CCCCCC/C=C\C/C=C\CCCCCCCC(=O)O[C@H](COC(=O)CCCCCCCCCCCCCCCCC)COP(=O)(O)OCCCC(=O)CCC(=O)C(C)(C)C. The number of carbonyl (C=O) groups is 4. The number of phosphoric acid groups is 1. The summed E-state index contributed by atoms with van der Waals surface area (Å²) in [5, 5.41) is 0. The Morgan fingerprint density at radius 3 is 1.47 bits per heavy atom. The molecule has 1 N–H and O–H groups in total. The zero-order chi connectivity index (χ0) is 46.0. The lowest BCUT2D eigenvalue weighted by atomic mass is 9.87. The van der Waals surface area contributed by atoms with Gasteiger partial charge in [-0.05, 0) is 51.4 Å². The lowest BCUT2D eigenvalue weighted by molar-refractivity contribution is -0.161. The third-order valence-electron chi connectivity index (χ3n) is 11.0. The number of phosphoric ester groups is 1. The molecular weight excluding hydrogens is 804 g/mol. The molecule has 0 saturated heterocycles. The summed E-state index contributed by atoms with van der Waals surface area (Å²) in [6, 6.07) is 0. The van der Waals surface area contributed by atoms with Crippen LogP contribution in [0.3, 0.4) is 0 Å². The van der Waals surface area contributed by atoms with E-state index >= 15 is 0 Å². The van der Waals surface area contributed by atoms with Gasteiger partial charge in [0, 0.05) is 37.5 Å². The lowest BCUT2D eigenvalue weighted by Crippen LogP contribution is -2.29. The van der Waals surface area contributed by atoms with Crippen LogP contribution in [-0.2, 0) is 42.3 Å². The summed E-state index contributed by atoms with van der Waals surface area (Å²) >= 11 is 0. The first kappa shape index (κ1) is 59.9. The Balaban J connectivity index is 4.60. The third-order valence-corrected chi connectivity index (χ3v) is 12.0. The molecule has 1 unspecified atom stereocenters. The van der Waals surface area contributed by atoms with E-state index in [-0.39, 0.29) is 63.3 Å². The molecule has 0 spiro atoms. The van der Waals surface area contributed by atoms with Gasteiger partial charge in [-0.1, -0.05) is 187 Å². The van der Waals surface area contributed by atoms with Crippen molar-refractivity contribution < 1.29 is 47.2 Å². The van der Waals surface area contributed by atoms with Crippen molar-refractivity contribution in [3.8, 4) is 0 Å². The molecular formula is C51H93O10P. The number of esters is 2. The van der Waals surface area contributed by atoms with E-state index in [0.29, 0.717) is 12.8 Å². The minimum Gasteiger partial charge on any atom is -0.462 e. The number of rotatable bonds is 45. The summed E-state index contributed by atoms with van der Waals surface area (Å²) in [6.45, 7) is 8.90. The summed E-state index contributed by atoms with van der Waals surface area (Å²) in [6.07, 6.45) is 40.4. The van der Waals surface area contributed by atoms with Crippen LogP contribution >= 0.6 is 7.82 Å². The molecule has 0 saturated carbocycles. The highest BCUT2D eigenvalue weighted by molar-refractivity contribution is 7.47. The average molecular weight is 897 g/mol. The van der Waals surface area contributed by atoms with Crippen LogP contribution in [0.4, 0.5) is 0 Å². The fourth-order valence-electron chi connectivity index (χ4n) is 6.93. The number of hydrogen-bond acceptors (Lipinski definition) is 9. The predicted molar refractivity (Wildman–Crippen MR) is 254 cm³/mol. The first-order chi connectivity index (χ1) is 29.8. The predicted octanol–water partition coefficient (Wildman–Crippen LogP) is 14.8. The van der Waals surface area contributed by atoms with Gasteiger partial charge in [0.2, 0.25) is 0 Å². The number of hydrogen-bond donors (Lipinski definition) is 1. The standard InChI is InChI=1S/C51H93O10P/c1-6-8-10-12-14-16-18-20-22-24-26-28-30-32-34-36-40-50(55)61-47(45-60-62(56,57)59-43-37-38-46(52)41-42-48(53)51(3,4)5)44-58-49(54)39-35-33-31-29-27-25-23-21-19-17-15-13-11-9-7-2/h16,18,22,24,47H,6-15,17,19-21,23,25-45H2,1-5H3,(H,56,57)/b18-16-,24-22-/t47-/m1/s1. The van der Waals surface area contributed by atoms with Crippen LogP contribution in [0.1, 0.15) is 247 Å². The number of ketones is 2. The molecule has 0 aromatic heterocycles. The molecule has 0 aliphatic carbocycles. The molecule has 0 aliphatic rings. The van der Waals surface area contributed by atoms with E-state index in [0.717, 1.165) is 57.8 Å². The van der Waals surface area contributed by atoms with Gasteiger partial charge in [-0.2, -0.15) is 0 Å². The van der Waals surface area contributed by atoms with Gasteiger partial charge >= 0.3 is 19.8 Å². The normalized spacial score (nSPS) is 13.5. The molecule has 0 amide bonds. The zero-order valence-corrected chi connectivity index (χ0v) is 41.3. The minimum absolute atomic E-state index is 0.00235. The highest BCUT2D eigenvalue weighted by Gasteiger charge is 2.26. The van der Waals surface area contributed by atoms with E-state index in [9.17, 15) is 28.6 Å². The van der Waals surface area contributed by atoms with Crippen molar-refractivity contribution in [2.24, 2.45) is 5.41 Å². The second kappa shape index (κ2) is 41.6. The van der Waals surface area contributed by atoms with Crippen LogP contribution in [0, 0.1) is 5.41 Å². The van der Waals surface area contributed by atoms with Gasteiger partial charge in [0.1, 0.15) is 18.2 Å². The molecule has 11 heteroatoms. The van der Waals surface area contributed by atoms with Crippen molar-refractivity contribution in [3.05, 3.63) is 24.3 Å². The van der Waals surface area contributed by atoms with Gasteiger partial charge in [-0.25, -0.2) is 4.57 Å². The smallest absolute Gasteiger partial charge is 0.462 e. The van der Waals surface area contributed by atoms with E-state index in [2.05, 4.69) is 38.2 Å². The van der Waals surface area contributed by atoms with Crippen LogP contribution in [0.5, 0.6) is 0 Å². The summed E-state index contributed by atoms with van der Waals surface area (Å²) in [7, 11) is -4.56. The average Bonchev–Trinajstić information content (AvgIpc) is 3.23. The molecule has 0 heterocycles. The largest absolute Gasteiger partial charge is 0.472 e. The molecule has 0 bridgehead atoms. The Morgan fingerprint density at radius 2 is 0.968 bits per heavy atom. The zero-order valence-electron chi connectivity index (χ0n) is 40.4. The van der Waals surface area contributed by atoms with Gasteiger partial charge in [0.05, 0.1) is 13.2 Å². The Bertz CT molecular complexity index is 1220. The monoisotopic (exact) mass is 897 g/mol. The fourth-order valence-corrected chi connectivity index (χ4v) is 7.72. The molecule has 0 fully saturated rings.